The number of aromatic nitrogens is 2. The number of fused-ring (bicyclic) bond motifs is 2. The van der Waals surface area contributed by atoms with Crippen LogP contribution in [0.4, 0.5) is 0 Å². The molecule has 118 valence electrons. The zero-order chi connectivity index (χ0) is 16.7. The number of rotatable bonds is 3. The van der Waals surface area contributed by atoms with Crippen molar-refractivity contribution in [1.29, 1.82) is 0 Å². The number of aryl methyl sites for hydroxylation is 1. The molecule has 0 saturated carbocycles. The van der Waals surface area contributed by atoms with Crippen LogP contribution in [-0.2, 0) is 6.42 Å². The van der Waals surface area contributed by atoms with Gasteiger partial charge in [-0.15, -0.1) is 0 Å². The lowest BCUT2D eigenvalue weighted by Crippen LogP contribution is -2.13. The SMILES string of the molecule is Cc1cccc2nc(-c3ccc4ccccc4c3)c(CC(N)=S)n12. The Hall–Kier alpha value is -2.72. The van der Waals surface area contributed by atoms with Crippen molar-refractivity contribution in [2.45, 2.75) is 13.3 Å². The maximum Gasteiger partial charge on any atom is 0.137 e. The van der Waals surface area contributed by atoms with Crippen LogP contribution in [0, 0.1) is 6.92 Å². The number of imidazole rings is 1. The molecular formula is C20H17N3S. The third-order valence-corrected chi connectivity index (χ3v) is 4.44. The number of nitrogens with two attached hydrogens (primary N) is 1. The van der Waals surface area contributed by atoms with Gasteiger partial charge in [0.25, 0.3) is 0 Å². The predicted octanol–water partition coefficient (Wildman–Crippen LogP) is 4.29. The van der Waals surface area contributed by atoms with Crippen LogP contribution in [0.15, 0.2) is 60.7 Å². The van der Waals surface area contributed by atoms with Crippen molar-refractivity contribution in [3.05, 3.63) is 72.1 Å². The number of hydrogen-bond acceptors (Lipinski definition) is 2. The van der Waals surface area contributed by atoms with E-state index >= 15 is 0 Å². The average molecular weight is 331 g/mol. The van der Waals surface area contributed by atoms with Crippen molar-refractivity contribution in [3.63, 3.8) is 0 Å². The molecule has 0 spiro atoms. The zero-order valence-corrected chi connectivity index (χ0v) is 14.2. The number of thiocarbonyl (C=S) groups is 1. The molecule has 0 amide bonds. The van der Waals surface area contributed by atoms with E-state index in [1.165, 1.54) is 10.8 Å². The van der Waals surface area contributed by atoms with Gasteiger partial charge in [0.05, 0.1) is 16.4 Å². The van der Waals surface area contributed by atoms with E-state index in [9.17, 15) is 0 Å². The number of nitrogens with zero attached hydrogens (tertiary/aromatic N) is 2. The van der Waals surface area contributed by atoms with Gasteiger partial charge in [-0.3, -0.25) is 0 Å². The molecule has 2 heterocycles. The zero-order valence-electron chi connectivity index (χ0n) is 13.4. The molecule has 4 rings (SSSR count). The van der Waals surface area contributed by atoms with E-state index < -0.39 is 0 Å². The molecule has 0 atom stereocenters. The highest BCUT2D eigenvalue weighted by Crippen LogP contribution is 2.28. The lowest BCUT2D eigenvalue weighted by molar-refractivity contribution is 1.02. The van der Waals surface area contributed by atoms with Gasteiger partial charge in [0.15, 0.2) is 0 Å². The summed E-state index contributed by atoms with van der Waals surface area (Å²) < 4.78 is 2.14. The fourth-order valence-corrected chi connectivity index (χ4v) is 3.36. The van der Waals surface area contributed by atoms with Gasteiger partial charge in [-0.25, -0.2) is 4.98 Å². The molecule has 4 aromatic rings. The smallest absolute Gasteiger partial charge is 0.137 e. The highest BCUT2D eigenvalue weighted by molar-refractivity contribution is 7.80. The molecular weight excluding hydrogens is 314 g/mol. The van der Waals surface area contributed by atoms with Gasteiger partial charge >= 0.3 is 0 Å². The maximum atomic E-state index is 5.85. The Kier molecular flexibility index (Phi) is 3.54. The maximum absolute atomic E-state index is 5.85. The van der Waals surface area contributed by atoms with Crippen LogP contribution in [0.1, 0.15) is 11.4 Å². The van der Waals surface area contributed by atoms with Gasteiger partial charge in [-0.2, -0.15) is 0 Å². The topological polar surface area (TPSA) is 43.3 Å². The Morgan fingerprint density at radius 1 is 1.04 bits per heavy atom. The quantitative estimate of drug-likeness (QED) is 0.570. The Morgan fingerprint density at radius 3 is 2.62 bits per heavy atom. The van der Waals surface area contributed by atoms with Gasteiger partial charge in [0.2, 0.25) is 0 Å². The van der Waals surface area contributed by atoms with E-state index in [1.54, 1.807) is 0 Å². The molecule has 2 aromatic heterocycles. The summed E-state index contributed by atoms with van der Waals surface area (Å²) in [6.07, 6.45) is 0.531. The van der Waals surface area contributed by atoms with Gasteiger partial charge < -0.3 is 10.1 Å². The second-order valence-electron chi connectivity index (χ2n) is 5.97. The van der Waals surface area contributed by atoms with Crippen molar-refractivity contribution in [1.82, 2.24) is 9.38 Å². The molecule has 0 saturated heterocycles. The van der Waals surface area contributed by atoms with Crippen LogP contribution in [0.25, 0.3) is 27.7 Å². The molecule has 0 unspecified atom stereocenters. The van der Waals surface area contributed by atoms with Crippen LogP contribution in [0.5, 0.6) is 0 Å². The van der Waals surface area contributed by atoms with Crippen LogP contribution < -0.4 is 5.73 Å². The van der Waals surface area contributed by atoms with E-state index in [0.29, 0.717) is 11.4 Å². The Bertz CT molecular complexity index is 1080. The minimum absolute atomic E-state index is 0.474. The number of benzene rings is 2. The summed E-state index contributed by atoms with van der Waals surface area (Å²) in [6, 6.07) is 20.9. The summed E-state index contributed by atoms with van der Waals surface area (Å²) in [4.78, 5) is 5.33. The summed E-state index contributed by atoms with van der Waals surface area (Å²) in [5.74, 6) is 0. The Morgan fingerprint density at radius 2 is 1.83 bits per heavy atom. The lowest BCUT2D eigenvalue weighted by Gasteiger charge is -2.07. The van der Waals surface area contributed by atoms with Gasteiger partial charge in [-0.1, -0.05) is 54.7 Å². The molecule has 0 aliphatic heterocycles. The van der Waals surface area contributed by atoms with Crippen LogP contribution in [0.3, 0.4) is 0 Å². The van der Waals surface area contributed by atoms with E-state index in [2.05, 4.69) is 59.9 Å². The van der Waals surface area contributed by atoms with Crippen molar-refractivity contribution in [2.24, 2.45) is 5.73 Å². The van der Waals surface area contributed by atoms with Crippen molar-refractivity contribution in [3.8, 4) is 11.3 Å². The summed E-state index contributed by atoms with van der Waals surface area (Å²) in [5.41, 5.74) is 11.0. The van der Waals surface area contributed by atoms with Crippen LogP contribution >= 0.6 is 12.2 Å². The molecule has 4 heteroatoms. The van der Waals surface area contributed by atoms with E-state index in [4.69, 9.17) is 22.9 Å². The molecule has 0 bridgehead atoms. The second-order valence-corrected chi connectivity index (χ2v) is 6.50. The fraction of sp³-hybridized carbons (Fsp3) is 0.100. The summed E-state index contributed by atoms with van der Waals surface area (Å²) >= 11 is 5.17. The first kappa shape index (κ1) is 14.8. The highest BCUT2D eigenvalue weighted by Gasteiger charge is 2.16. The summed E-state index contributed by atoms with van der Waals surface area (Å²) in [5, 5.41) is 2.42. The lowest BCUT2D eigenvalue weighted by atomic mass is 10.0. The van der Waals surface area contributed by atoms with Crippen LogP contribution in [-0.4, -0.2) is 14.4 Å². The molecule has 0 aliphatic carbocycles. The van der Waals surface area contributed by atoms with Gasteiger partial charge in [-0.05, 0) is 35.9 Å². The monoisotopic (exact) mass is 331 g/mol. The van der Waals surface area contributed by atoms with E-state index in [-0.39, 0.29) is 0 Å². The average Bonchev–Trinajstić information content (AvgIpc) is 2.93. The standard InChI is InChI=1S/C20H17N3S/c1-13-5-4-8-19-22-20(17(23(13)19)12-18(21)24)16-10-9-14-6-2-3-7-15(14)11-16/h2-11H,12H2,1H3,(H2,21,24). The van der Waals surface area contributed by atoms with Gasteiger partial charge in [0.1, 0.15) is 5.65 Å². The first-order chi connectivity index (χ1) is 11.6. The molecule has 24 heavy (non-hydrogen) atoms. The van der Waals surface area contributed by atoms with E-state index in [1.807, 2.05) is 12.1 Å². The molecule has 0 radical (unpaired) electrons. The molecule has 0 aliphatic rings. The normalized spacial score (nSPS) is 11.2. The van der Waals surface area contributed by atoms with Crippen LogP contribution in [0.2, 0.25) is 0 Å². The highest BCUT2D eigenvalue weighted by atomic mass is 32.1. The van der Waals surface area contributed by atoms with Gasteiger partial charge in [0, 0.05) is 17.7 Å². The Labute approximate surface area is 145 Å². The third-order valence-electron chi connectivity index (χ3n) is 4.30. The van der Waals surface area contributed by atoms with Crippen molar-refractivity contribution >= 4 is 33.6 Å². The first-order valence-electron chi connectivity index (χ1n) is 7.88. The molecule has 3 nitrogen and oxygen atoms in total. The molecule has 2 aromatic carbocycles. The minimum atomic E-state index is 0.474. The van der Waals surface area contributed by atoms with E-state index in [0.717, 1.165) is 28.3 Å². The predicted molar refractivity (Wildman–Crippen MR) is 103 cm³/mol. The third kappa shape index (κ3) is 2.45. The summed E-state index contributed by atoms with van der Waals surface area (Å²) in [7, 11) is 0. The number of hydrogen-bond donors (Lipinski definition) is 1. The minimum Gasteiger partial charge on any atom is -0.393 e. The van der Waals surface area contributed by atoms with Crippen molar-refractivity contribution < 1.29 is 0 Å². The fourth-order valence-electron chi connectivity index (χ4n) is 3.22. The largest absolute Gasteiger partial charge is 0.393 e. The molecule has 2 N–H and O–H groups in total. The summed E-state index contributed by atoms with van der Waals surface area (Å²) in [6.45, 7) is 2.07. The first-order valence-corrected chi connectivity index (χ1v) is 8.29. The second kappa shape index (κ2) is 5.73. The Balaban J connectivity index is 2.00. The number of pyridine rings is 1. The molecule has 0 fully saturated rings. The van der Waals surface area contributed by atoms with Crippen molar-refractivity contribution in [2.75, 3.05) is 0 Å².